The third-order valence-electron chi connectivity index (χ3n) is 3.22. The van der Waals surface area contributed by atoms with Gasteiger partial charge in [-0.25, -0.2) is 0 Å². The van der Waals surface area contributed by atoms with Crippen LogP contribution < -0.4 is 5.73 Å². The molecule has 0 radical (unpaired) electrons. The summed E-state index contributed by atoms with van der Waals surface area (Å²) in [6.45, 7) is 2.10. The standard InChI is InChI=1S/C8H12F5N/c1-5(2)3-6(5,4-14)7(9,10)8(11,12)13/h3-4,14H2,1-2H3. The summed E-state index contributed by atoms with van der Waals surface area (Å²) in [6, 6.07) is 0. The first kappa shape index (κ1) is 11.7. The van der Waals surface area contributed by atoms with Crippen LogP contribution in [0.25, 0.3) is 0 Å². The molecule has 84 valence electrons. The van der Waals surface area contributed by atoms with Crippen LogP contribution in [0.3, 0.4) is 0 Å². The maximum absolute atomic E-state index is 13.1. The second-order valence-corrected chi connectivity index (χ2v) is 4.42. The molecule has 0 saturated heterocycles. The Morgan fingerprint density at radius 2 is 1.50 bits per heavy atom. The number of alkyl halides is 5. The van der Waals surface area contributed by atoms with Crippen LogP contribution in [0.5, 0.6) is 0 Å². The second kappa shape index (κ2) is 2.59. The van der Waals surface area contributed by atoms with Crippen LogP contribution in [0.2, 0.25) is 0 Å². The van der Waals surface area contributed by atoms with Gasteiger partial charge in [-0.2, -0.15) is 22.0 Å². The van der Waals surface area contributed by atoms with Gasteiger partial charge in [0.15, 0.2) is 0 Å². The topological polar surface area (TPSA) is 26.0 Å². The molecule has 1 atom stereocenters. The van der Waals surface area contributed by atoms with Crippen LogP contribution in [0.15, 0.2) is 0 Å². The molecule has 0 aromatic carbocycles. The molecule has 0 heterocycles. The number of rotatable bonds is 2. The van der Waals surface area contributed by atoms with Gasteiger partial charge in [0.2, 0.25) is 0 Å². The molecule has 2 N–H and O–H groups in total. The Hall–Kier alpha value is -0.390. The van der Waals surface area contributed by atoms with E-state index in [1.54, 1.807) is 0 Å². The van der Waals surface area contributed by atoms with E-state index in [1.165, 1.54) is 13.8 Å². The molecule has 1 fully saturated rings. The Labute approximate surface area is 78.5 Å². The van der Waals surface area contributed by atoms with E-state index in [2.05, 4.69) is 0 Å². The van der Waals surface area contributed by atoms with Crippen molar-refractivity contribution in [3.8, 4) is 0 Å². The quantitative estimate of drug-likeness (QED) is 0.707. The van der Waals surface area contributed by atoms with E-state index in [4.69, 9.17) is 5.73 Å². The third kappa shape index (κ3) is 1.16. The smallest absolute Gasteiger partial charge is 0.330 e. The fraction of sp³-hybridized carbons (Fsp3) is 1.00. The van der Waals surface area contributed by atoms with Crippen molar-refractivity contribution < 1.29 is 22.0 Å². The maximum atomic E-state index is 13.1. The highest BCUT2D eigenvalue weighted by Gasteiger charge is 2.81. The van der Waals surface area contributed by atoms with Gasteiger partial charge < -0.3 is 5.73 Å². The van der Waals surface area contributed by atoms with E-state index in [9.17, 15) is 22.0 Å². The highest BCUT2D eigenvalue weighted by Crippen LogP contribution is 2.72. The average Bonchev–Trinajstić information content (AvgIpc) is 2.52. The number of nitrogens with two attached hydrogens (primary N) is 1. The van der Waals surface area contributed by atoms with Crippen LogP contribution in [0, 0.1) is 10.8 Å². The zero-order chi connectivity index (χ0) is 11.4. The lowest BCUT2D eigenvalue weighted by atomic mass is 9.88. The monoisotopic (exact) mass is 217 g/mol. The number of hydrogen-bond acceptors (Lipinski definition) is 1. The zero-order valence-electron chi connectivity index (χ0n) is 7.88. The van der Waals surface area contributed by atoms with Gasteiger partial charge in [0.05, 0.1) is 5.41 Å². The van der Waals surface area contributed by atoms with Gasteiger partial charge >= 0.3 is 12.1 Å². The van der Waals surface area contributed by atoms with Gasteiger partial charge in [-0.05, 0) is 11.8 Å². The summed E-state index contributed by atoms with van der Waals surface area (Å²) >= 11 is 0. The zero-order valence-corrected chi connectivity index (χ0v) is 7.88. The average molecular weight is 217 g/mol. The molecule has 14 heavy (non-hydrogen) atoms. The van der Waals surface area contributed by atoms with Gasteiger partial charge in [-0.1, -0.05) is 13.8 Å². The highest BCUT2D eigenvalue weighted by molar-refractivity contribution is 5.18. The van der Waals surface area contributed by atoms with Crippen molar-refractivity contribution in [2.75, 3.05) is 6.54 Å². The Morgan fingerprint density at radius 3 is 1.57 bits per heavy atom. The number of hydrogen-bond donors (Lipinski definition) is 1. The van der Waals surface area contributed by atoms with Crippen LogP contribution in [0.1, 0.15) is 20.3 Å². The second-order valence-electron chi connectivity index (χ2n) is 4.42. The van der Waals surface area contributed by atoms with Gasteiger partial charge in [0, 0.05) is 6.54 Å². The van der Waals surface area contributed by atoms with Crippen molar-refractivity contribution in [1.29, 1.82) is 0 Å². The van der Waals surface area contributed by atoms with Crippen LogP contribution >= 0.6 is 0 Å². The number of halogens is 5. The molecule has 1 aliphatic carbocycles. The van der Waals surface area contributed by atoms with Crippen molar-refractivity contribution in [3.05, 3.63) is 0 Å². The van der Waals surface area contributed by atoms with Crippen LogP contribution in [0.4, 0.5) is 22.0 Å². The molecule has 1 aliphatic rings. The van der Waals surface area contributed by atoms with E-state index in [-0.39, 0.29) is 6.42 Å². The van der Waals surface area contributed by atoms with Gasteiger partial charge in [-0.15, -0.1) is 0 Å². The predicted octanol–water partition coefficient (Wildman–Crippen LogP) is 2.56. The normalized spacial score (nSPS) is 31.7. The maximum Gasteiger partial charge on any atom is 0.453 e. The molecule has 0 aromatic heterocycles. The van der Waals surface area contributed by atoms with Crippen molar-refractivity contribution in [2.45, 2.75) is 32.4 Å². The lowest BCUT2D eigenvalue weighted by Crippen LogP contribution is -2.50. The highest BCUT2D eigenvalue weighted by atomic mass is 19.4. The van der Waals surface area contributed by atoms with Gasteiger partial charge in [0.1, 0.15) is 0 Å². The van der Waals surface area contributed by atoms with E-state index < -0.39 is 29.5 Å². The summed E-state index contributed by atoms with van der Waals surface area (Å²) < 4.78 is 62.4. The molecule has 0 amide bonds. The van der Waals surface area contributed by atoms with E-state index in [1.807, 2.05) is 0 Å². The van der Waals surface area contributed by atoms with Gasteiger partial charge in [0.25, 0.3) is 0 Å². The Bertz CT molecular complexity index is 245. The molecule has 6 heteroatoms. The molecule has 1 nitrogen and oxygen atoms in total. The Morgan fingerprint density at radius 1 is 1.14 bits per heavy atom. The van der Waals surface area contributed by atoms with E-state index in [0.717, 1.165) is 0 Å². The molecular formula is C8H12F5N. The SMILES string of the molecule is CC1(C)CC1(CN)C(F)(F)C(F)(F)F. The van der Waals surface area contributed by atoms with Crippen LogP contribution in [-0.2, 0) is 0 Å². The van der Waals surface area contributed by atoms with E-state index >= 15 is 0 Å². The summed E-state index contributed by atoms with van der Waals surface area (Å²) in [6.07, 6.45) is -5.71. The first-order valence-electron chi connectivity index (χ1n) is 4.16. The molecule has 1 rings (SSSR count). The molecule has 1 unspecified atom stereocenters. The summed E-state index contributed by atoms with van der Waals surface area (Å²) in [5.74, 6) is -4.70. The van der Waals surface area contributed by atoms with Crippen molar-refractivity contribution in [2.24, 2.45) is 16.6 Å². The lowest BCUT2D eigenvalue weighted by molar-refractivity contribution is -0.312. The molecule has 1 saturated carbocycles. The van der Waals surface area contributed by atoms with Crippen molar-refractivity contribution in [1.82, 2.24) is 0 Å². The summed E-state index contributed by atoms with van der Waals surface area (Å²) in [5.41, 5.74) is 1.89. The summed E-state index contributed by atoms with van der Waals surface area (Å²) in [7, 11) is 0. The summed E-state index contributed by atoms with van der Waals surface area (Å²) in [5, 5.41) is 0. The summed E-state index contributed by atoms with van der Waals surface area (Å²) in [4.78, 5) is 0. The van der Waals surface area contributed by atoms with Crippen molar-refractivity contribution >= 4 is 0 Å². The van der Waals surface area contributed by atoms with Gasteiger partial charge in [-0.3, -0.25) is 0 Å². The molecular weight excluding hydrogens is 205 g/mol. The largest absolute Gasteiger partial charge is 0.453 e. The first-order valence-corrected chi connectivity index (χ1v) is 4.16. The molecule has 0 aliphatic heterocycles. The van der Waals surface area contributed by atoms with E-state index in [0.29, 0.717) is 0 Å². The minimum Gasteiger partial charge on any atom is -0.330 e. The molecule has 0 aromatic rings. The van der Waals surface area contributed by atoms with Crippen LogP contribution in [-0.4, -0.2) is 18.6 Å². The van der Waals surface area contributed by atoms with Crippen molar-refractivity contribution in [3.63, 3.8) is 0 Å². The Balaban J connectivity index is 3.05. The molecule has 0 spiro atoms. The fourth-order valence-corrected chi connectivity index (χ4v) is 1.99. The lowest BCUT2D eigenvalue weighted by Gasteiger charge is -2.30. The molecule has 0 bridgehead atoms. The first-order chi connectivity index (χ1) is 6.02. The minimum absolute atomic E-state index is 0.191. The minimum atomic E-state index is -5.51. The predicted molar refractivity (Wildman–Crippen MR) is 40.9 cm³/mol. The Kier molecular flexibility index (Phi) is 2.16. The third-order valence-corrected chi connectivity index (χ3v) is 3.22. The fourth-order valence-electron chi connectivity index (χ4n) is 1.99.